The lowest BCUT2D eigenvalue weighted by atomic mass is 10.0. The highest BCUT2D eigenvalue weighted by Gasteiger charge is 2.36. The van der Waals surface area contributed by atoms with E-state index in [-0.39, 0.29) is 29.1 Å². The molecule has 1 aliphatic heterocycles. The number of nitrogens with one attached hydrogen (secondary N) is 2. The predicted octanol–water partition coefficient (Wildman–Crippen LogP) is 3.66. The molecule has 0 aliphatic carbocycles. The third-order valence-corrected chi connectivity index (χ3v) is 5.17. The van der Waals surface area contributed by atoms with Crippen LogP contribution in [0, 0.1) is 0 Å². The van der Waals surface area contributed by atoms with Gasteiger partial charge in [0.15, 0.2) is 0 Å². The maximum absolute atomic E-state index is 12.9. The van der Waals surface area contributed by atoms with Crippen LogP contribution in [0.3, 0.4) is 0 Å². The number of aromatic nitrogens is 1. The van der Waals surface area contributed by atoms with Crippen LogP contribution in [-0.2, 0) is 6.54 Å². The van der Waals surface area contributed by atoms with E-state index >= 15 is 0 Å². The molecule has 0 radical (unpaired) electrons. The van der Waals surface area contributed by atoms with Gasteiger partial charge in [-0.05, 0) is 68.8 Å². The summed E-state index contributed by atoms with van der Waals surface area (Å²) in [5.74, 6) is -1.58. The second kappa shape index (κ2) is 8.90. The maximum atomic E-state index is 12.9. The van der Waals surface area contributed by atoms with Crippen LogP contribution >= 0.6 is 0 Å². The van der Waals surface area contributed by atoms with Crippen molar-refractivity contribution in [3.63, 3.8) is 0 Å². The number of rotatable bonds is 5. The van der Waals surface area contributed by atoms with E-state index in [0.717, 1.165) is 10.5 Å². The monoisotopic (exact) mass is 456 g/mol. The maximum Gasteiger partial charge on any atom is 0.261 e. The minimum atomic E-state index is -0.459. The molecule has 0 saturated carbocycles. The Morgan fingerprint density at radius 3 is 2.32 bits per heavy atom. The first-order chi connectivity index (χ1) is 16.1. The molecule has 1 aliphatic rings. The lowest BCUT2D eigenvalue weighted by Crippen LogP contribution is -2.40. The summed E-state index contributed by atoms with van der Waals surface area (Å²) in [5.41, 5.74) is 1.85. The van der Waals surface area contributed by atoms with Gasteiger partial charge in [-0.2, -0.15) is 0 Å². The van der Waals surface area contributed by atoms with Crippen LogP contribution in [0.2, 0.25) is 0 Å². The molecule has 0 fully saturated rings. The normalized spacial score (nSPS) is 13.0. The minimum absolute atomic E-state index is 0.102. The first kappa shape index (κ1) is 22.8. The fraction of sp³-hybridized carbons (Fsp3) is 0.192. The predicted molar refractivity (Wildman–Crippen MR) is 126 cm³/mol. The van der Waals surface area contributed by atoms with Crippen molar-refractivity contribution in [2.24, 2.45) is 0 Å². The highest BCUT2D eigenvalue weighted by molar-refractivity contribution is 6.22. The molecular weight excluding hydrogens is 432 g/mol. The van der Waals surface area contributed by atoms with E-state index in [1.807, 2.05) is 20.8 Å². The third kappa shape index (κ3) is 4.85. The second-order valence-corrected chi connectivity index (χ2v) is 9.06. The Morgan fingerprint density at radius 1 is 0.882 bits per heavy atom. The summed E-state index contributed by atoms with van der Waals surface area (Å²) in [6.45, 7) is 5.75. The fourth-order valence-electron chi connectivity index (χ4n) is 3.60. The van der Waals surface area contributed by atoms with Gasteiger partial charge in [-0.1, -0.05) is 12.1 Å². The Morgan fingerprint density at radius 2 is 1.62 bits per heavy atom. The zero-order chi connectivity index (χ0) is 24.5. The molecule has 8 heteroatoms. The standard InChI is InChI=1S/C26H24N4O4/c1-26(2,3)29-23(32)17-7-4-8-19(12-17)28-22(31)18-9-10-20-21(13-18)25(34)30(24(20)33)15-16-6-5-11-27-14-16/h4-14H,15H2,1-3H3,(H,28,31)(H,29,32). The lowest BCUT2D eigenvalue weighted by Gasteiger charge is -2.20. The number of pyridine rings is 1. The van der Waals surface area contributed by atoms with Gasteiger partial charge in [0, 0.05) is 34.7 Å². The van der Waals surface area contributed by atoms with Gasteiger partial charge in [0.2, 0.25) is 0 Å². The average Bonchev–Trinajstić information content (AvgIpc) is 3.03. The van der Waals surface area contributed by atoms with E-state index in [1.54, 1.807) is 48.8 Å². The molecule has 2 N–H and O–H groups in total. The van der Waals surface area contributed by atoms with E-state index < -0.39 is 23.3 Å². The second-order valence-electron chi connectivity index (χ2n) is 9.06. The molecule has 34 heavy (non-hydrogen) atoms. The number of nitrogens with zero attached hydrogens (tertiary/aromatic N) is 2. The van der Waals surface area contributed by atoms with Gasteiger partial charge in [-0.25, -0.2) is 0 Å². The zero-order valence-electron chi connectivity index (χ0n) is 19.1. The third-order valence-electron chi connectivity index (χ3n) is 5.17. The van der Waals surface area contributed by atoms with Crippen LogP contribution in [0.4, 0.5) is 5.69 Å². The number of benzene rings is 2. The zero-order valence-corrected chi connectivity index (χ0v) is 19.1. The number of carbonyl (C=O) groups excluding carboxylic acids is 4. The SMILES string of the molecule is CC(C)(C)NC(=O)c1cccc(NC(=O)c2ccc3c(c2)C(=O)N(Cc2cccnc2)C3=O)c1. The minimum Gasteiger partial charge on any atom is -0.347 e. The van der Waals surface area contributed by atoms with Gasteiger partial charge in [0.25, 0.3) is 23.6 Å². The summed E-state index contributed by atoms with van der Waals surface area (Å²) in [6, 6.07) is 14.5. The Hall–Kier alpha value is -4.33. The van der Waals surface area contributed by atoms with Crippen LogP contribution in [0.5, 0.6) is 0 Å². The Bertz CT molecular complexity index is 1300. The molecule has 2 aromatic carbocycles. The van der Waals surface area contributed by atoms with Crippen LogP contribution in [0.25, 0.3) is 0 Å². The van der Waals surface area contributed by atoms with Crippen molar-refractivity contribution >= 4 is 29.3 Å². The van der Waals surface area contributed by atoms with Crippen molar-refractivity contribution in [3.05, 3.63) is 94.8 Å². The molecule has 4 amide bonds. The molecule has 4 rings (SSSR count). The molecule has 8 nitrogen and oxygen atoms in total. The first-order valence-electron chi connectivity index (χ1n) is 10.8. The number of imide groups is 1. The largest absolute Gasteiger partial charge is 0.347 e. The summed E-state index contributed by atoms with van der Waals surface area (Å²) >= 11 is 0. The molecule has 0 bridgehead atoms. The van der Waals surface area contributed by atoms with Gasteiger partial charge in [-0.3, -0.25) is 29.1 Å². The van der Waals surface area contributed by atoms with Crippen LogP contribution in [0.15, 0.2) is 67.0 Å². The van der Waals surface area contributed by atoms with Gasteiger partial charge in [0.1, 0.15) is 0 Å². The number of amides is 4. The Labute approximate surface area is 197 Å². The molecule has 0 spiro atoms. The molecular formula is C26H24N4O4. The highest BCUT2D eigenvalue weighted by Crippen LogP contribution is 2.26. The number of hydrogen-bond donors (Lipinski definition) is 2. The number of anilines is 1. The smallest absolute Gasteiger partial charge is 0.261 e. The van der Waals surface area contributed by atoms with Gasteiger partial charge in [0.05, 0.1) is 17.7 Å². The summed E-state index contributed by atoms with van der Waals surface area (Å²) in [5, 5.41) is 5.62. The summed E-state index contributed by atoms with van der Waals surface area (Å²) in [6.07, 6.45) is 3.21. The summed E-state index contributed by atoms with van der Waals surface area (Å²) in [7, 11) is 0. The van der Waals surface area contributed by atoms with E-state index in [0.29, 0.717) is 11.3 Å². The Balaban J connectivity index is 1.51. The quantitative estimate of drug-likeness (QED) is 0.570. The molecule has 1 aromatic heterocycles. The van der Waals surface area contributed by atoms with Crippen molar-refractivity contribution in [1.29, 1.82) is 0 Å². The van der Waals surface area contributed by atoms with Gasteiger partial charge in [-0.15, -0.1) is 0 Å². The van der Waals surface area contributed by atoms with E-state index in [4.69, 9.17) is 0 Å². The first-order valence-corrected chi connectivity index (χ1v) is 10.8. The topological polar surface area (TPSA) is 108 Å². The molecule has 0 unspecified atom stereocenters. The lowest BCUT2D eigenvalue weighted by molar-refractivity contribution is 0.0641. The van der Waals surface area contributed by atoms with Crippen LogP contribution in [0.1, 0.15) is 67.8 Å². The molecule has 0 saturated heterocycles. The van der Waals surface area contributed by atoms with Crippen LogP contribution < -0.4 is 10.6 Å². The Kier molecular flexibility index (Phi) is 5.98. The van der Waals surface area contributed by atoms with E-state index in [1.165, 1.54) is 18.2 Å². The summed E-state index contributed by atoms with van der Waals surface area (Å²) < 4.78 is 0. The van der Waals surface area contributed by atoms with Crippen molar-refractivity contribution in [3.8, 4) is 0 Å². The molecule has 3 aromatic rings. The number of hydrogen-bond acceptors (Lipinski definition) is 5. The molecule has 2 heterocycles. The highest BCUT2D eigenvalue weighted by atomic mass is 16.2. The molecule has 172 valence electrons. The fourth-order valence-corrected chi connectivity index (χ4v) is 3.60. The van der Waals surface area contributed by atoms with E-state index in [9.17, 15) is 19.2 Å². The average molecular weight is 457 g/mol. The van der Waals surface area contributed by atoms with Gasteiger partial charge >= 0.3 is 0 Å². The summed E-state index contributed by atoms with van der Waals surface area (Å²) in [4.78, 5) is 56.0. The van der Waals surface area contributed by atoms with Gasteiger partial charge < -0.3 is 10.6 Å². The van der Waals surface area contributed by atoms with E-state index in [2.05, 4.69) is 15.6 Å². The van der Waals surface area contributed by atoms with Crippen molar-refractivity contribution in [2.45, 2.75) is 32.9 Å². The van der Waals surface area contributed by atoms with Crippen molar-refractivity contribution < 1.29 is 19.2 Å². The number of fused-ring (bicyclic) bond motifs is 1. The van der Waals surface area contributed by atoms with Crippen LogP contribution in [-0.4, -0.2) is 39.1 Å². The van der Waals surface area contributed by atoms with Crippen molar-refractivity contribution in [1.82, 2.24) is 15.2 Å². The van der Waals surface area contributed by atoms with Crippen molar-refractivity contribution in [2.75, 3.05) is 5.32 Å². The number of carbonyl (C=O) groups is 4. The molecule has 0 atom stereocenters.